The van der Waals surface area contributed by atoms with Crippen molar-refractivity contribution >= 4 is 64.5 Å². The lowest BCUT2D eigenvalue weighted by Gasteiger charge is -2.09. The molecule has 0 radical (unpaired) electrons. The predicted molar refractivity (Wildman–Crippen MR) is 101 cm³/mol. The molecule has 2 aromatic heterocycles. The predicted octanol–water partition coefficient (Wildman–Crippen LogP) is 4.99. The summed E-state index contributed by atoms with van der Waals surface area (Å²) in [6, 6.07) is 7.64. The summed E-state index contributed by atoms with van der Waals surface area (Å²) in [5.74, 6) is 1.50. The number of benzene rings is 1. The van der Waals surface area contributed by atoms with Gasteiger partial charge in [-0.15, -0.1) is 0 Å². The fraction of sp³-hybridized carbons (Fsp3) is 0.143. The summed E-state index contributed by atoms with van der Waals surface area (Å²) in [5.41, 5.74) is 2.80. The van der Waals surface area contributed by atoms with Gasteiger partial charge in [-0.05, 0) is 48.4 Å². The number of halogens is 2. The molecule has 1 N–H and O–H groups in total. The second-order valence-corrected chi connectivity index (χ2v) is 6.65. The summed E-state index contributed by atoms with van der Waals surface area (Å²) in [5, 5.41) is 4.48. The van der Waals surface area contributed by atoms with Crippen LogP contribution in [-0.4, -0.2) is 21.1 Å². The molecule has 22 heavy (non-hydrogen) atoms. The van der Waals surface area contributed by atoms with Gasteiger partial charge in [-0.1, -0.05) is 0 Å². The molecule has 0 aliphatic heterocycles. The van der Waals surface area contributed by atoms with E-state index in [1.807, 2.05) is 41.4 Å². The Labute approximate surface area is 149 Å². The molecule has 3 aromatic rings. The average Bonchev–Trinajstić information content (AvgIpc) is 2.84. The number of rotatable bonds is 4. The van der Waals surface area contributed by atoms with Crippen molar-refractivity contribution in [3.8, 4) is 5.75 Å². The summed E-state index contributed by atoms with van der Waals surface area (Å²) in [4.78, 5) is 8.66. The van der Waals surface area contributed by atoms with Gasteiger partial charge in [0.05, 0.1) is 12.5 Å². The molecule has 0 amide bonds. The normalized spacial score (nSPS) is 10.9. The van der Waals surface area contributed by atoms with Gasteiger partial charge in [0.2, 0.25) is 5.28 Å². The maximum absolute atomic E-state index is 6.07. The van der Waals surface area contributed by atoms with Gasteiger partial charge in [-0.3, -0.25) is 3.97 Å². The van der Waals surface area contributed by atoms with Crippen LogP contribution >= 0.6 is 41.9 Å². The minimum Gasteiger partial charge on any atom is -0.497 e. The molecule has 2 heterocycles. The van der Waals surface area contributed by atoms with Crippen LogP contribution in [0.3, 0.4) is 0 Å². The Hall–Kier alpha value is -1.19. The number of fused-ring (bicyclic) bond motifs is 1. The Balaban J connectivity index is 2.07. The van der Waals surface area contributed by atoms with Gasteiger partial charge in [-0.2, -0.15) is 9.97 Å². The Bertz CT molecular complexity index is 822. The minimum absolute atomic E-state index is 0.216. The van der Waals surface area contributed by atoms with E-state index in [2.05, 4.69) is 36.5 Å². The first-order valence-electron chi connectivity index (χ1n) is 6.37. The van der Waals surface area contributed by atoms with Crippen molar-refractivity contribution in [2.45, 2.75) is 6.92 Å². The van der Waals surface area contributed by atoms with Crippen molar-refractivity contribution in [1.29, 1.82) is 0 Å². The van der Waals surface area contributed by atoms with E-state index in [1.54, 1.807) is 16.2 Å². The molecular formula is C14H12ClIN4OS. The van der Waals surface area contributed by atoms with Gasteiger partial charge in [0.1, 0.15) is 11.6 Å². The number of aryl methyl sites for hydroxylation is 1. The summed E-state index contributed by atoms with van der Waals surface area (Å²) < 4.78 is 7.13. The molecule has 5 nitrogen and oxygen atoms in total. The number of hydrogen-bond acceptors (Lipinski definition) is 5. The average molecular weight is 447 g/mol. The lowest BCUT2D eigenvalue weighted by Crippen LogP contribution is -1.98. The van der Waals surface area contributed by atoms with Gasteiger partial charge < -0.3 is 10.1 Å². The quantitative estimate of drug-likeness (QED) is 0.452. The summed E-state index contributed by atoms with van der Waals surface area (Å²) >= 11 is 8.28. The van der Waals surface area contributed by atoms with E-state index in [0.29, 0.717) is 5.82 Å². The molecular weight excluding hydrogens is 435 g/mol. The third-order valence-corrected chi connectivity index (χ3v) is 5.07. The molecule has 0 fully saturated rings. The smallest absolute Gasteiger partial charge is 0.226 e. The van der Waals surface area contributed by atoms with E-state index >= 15 is 0 Å². The first-order chi connectivity index (χ1) is 10.6. The zero-order valence-corrected chi connectivity index (χ0v) is 15.5. The van der Waals surface area contributed by atoms with Crippen molar-refractivity contribution in [2.24, 2.45) is 0 Å². The molecule has 0 saturated carbocycles. The van der Waals surface area contributed by atoms with E-state index in [1.165, 1.54) is 0 Å². The number of methoxy groups -OCH3 is 1. The maximum Gasteiger partial charge on any atom is 0.226 e. The molecule has 0 atom stereocenters. The minimum atomic E-state index is 0.216. The number of aromatic nitrogens is 3. The van der Waals surface area contributed by atoms with Crippen LogP contribution in [-0.2, 0) is 0 Å². The second-order valence-electron chi connectivity index (χ2n) is 4.60. The topological polar surface area (TPSA) is 52.0 Å². The monoisotopic (exact) mass is 446 g/mol. The zero-order valence-electron chi connectivity index (χ0n) is 11.8. The van der Waals surface area contributed by atoms with Gasteiger partial charge >= 0.3 is 0 Å². The highest BCUT2D eigenvalue weighted by Gasteiger charge is 2.14. The molecule has 0 bridgehead atoms. The van der Waals surface area contributed by atoms with Crippen molar-refractivity contribution in [3.05, 3.63) is 41.3 Å². The molecule has 0 unspecified atom stereocenters. The highest BCUT2D eigenvalue weighted by Crippen LogP contribution is 2.33. The second kappa shape index (κ2) is 6.51. The van der Waals surface area contributed by atoms with Crippen LogP contribution in [0, 0.1) is 6.92 Å². The molecule has 0 aliphatic rings. The van der Waals surface area contributed by atoms with Crippen molar-refractivity contribution in [1.82, 2.24) is 13.9 Å². The molecule has 3 rings (SSSR count). The van der Waals surface area contributed by atoms with Crippen molar-refractivity contribution in [2.75, 3.05) is 12.4 Å². The fourth-order valence-electron chi connectivity index (χ4n) is 2.20. The Morgan fingerprint density at radius 1 is 1.27 bits per heavy atom. The molecule has 0 saturated heterocycles. The van der Waals surface area contributed by atoms with Gasteiger partial charge in [-0.25, -0.2) is 0 Å². The molecule has 0 aliphatic carbocycles. The lowest BCUT2D eigenvalue weighted by atomic mass is 10.2. The van der Waals surface area contributed by atoms with Crippen molar-refractivity contribution in [3.63, 3.8) is 0 Å². The third kappa shape index (κ3) is 2.97. The largest absolute Gasteiger partial charge is 0.497 e. The van der Waals surface area contributed by atoms with E-state index in [0.717, 1.165) is 28.0 Å². The SMILES string of the molecule is COc1ccc(Nc2nc(Cl)nc3c2c(C)cn3SI)cc1. The Morgan fingerprint density at radius 3 is 2.64 bits per heavy atom. The van der Waals surface area contributed by atoms with Crippen LogP contribution in [0.25, 0.3) is 11.0 Å². The first-order valence-corrected chi connectivity index (χ1v) is 10.1. The van der Waals surface area contributed by atoms with E-state index in [-0.39, 0.29) is 5.28 Å². The van der Waals surface area contributed by atoms with Gasteiger partial charge in [0.15, 0.2) is 5.65 Å². The van der Waals surface area contributed by atoms with E-state index in [4.69, 9.17) is 16.3 Å². The standard InChI is InChI=1S/C14H12ClIN4OS/c1-8-7-20(22-16)13-11(8)12(18-14(15)19-13)17-9-3-5-10(21-2)6-4-9/h3-7H,1-2H3,(H,17,18,19). The number of nitrogens with one attached hydrogen (secondary N) is 1. The van der Waals surface area contributed by atoms with Crippen LogP contribution in [0.2, 0.25) is 5.28 Å². The van der Waals surface area contributed by atoms with E-state index in [9.17, 15) is 0 Å². The van der Waals surface area contributed by atoms with Crippen LogP contribution in [0.4, 0.5) is 11.5 Å². The lowest BCUT2D eigenvalue weighted by molar-refractivity contribution is 0.415. The van der Waals surface area contributed by atoms with Crippen molar-refractivity contribution < 1.29 is 4.74 Å². The number of hydrogen-bond donors (Lipinski definition) is 1. The first kappa shape index (κ1) is 15.7. The maximum atomic E-state index is 6.07. The third-order valence-electron chi connectivity index (χ3n) is 3.20. The van der Waals surface area contributed by atoms with Crippen LogP contribution in [0.5, 0.6) is 5.75 Å². The zero-order chi connectivity index (χ0) is 15.7. The summed E-state index contributed by atoms with van der Waals surface area (Å²) in [6.45, 7) is 2.03. The number of anilines is 2. The highest BCUT2D eigenvalue weighted by molar-refractivity contribution is 14.2. The Morgan fingerprint density at radius 2 is 2.00 bits per heavy atom. The van der Waals surface area contributed by atoms with Crippen LogP contribution in [0.1, 0.15) is 5.56 Å². The van der Waals surface area contributed by atoms with Gasteiger partial charge in [0.25, 0.3) is 0 Å². The molecule has 0 spiro atoms. The summed E-state index contributed by atoms with van der Waals surface area (Å²) in [7, 11) is 3.18. The van der Waals surface area contributed by atoms with Gasteiger partial charge in [0, 0.05) is 42.2 Å². The highest BCUT2D eigenvalue weighted by atomic mass is 127. The number of ether oxygens (including phenoxy) is 1. The van der Waals surface area contributed by atoms with Crippen LogP contribution in [0.15, 0.2) is 30.5 Å². The Kier molecular flexibility index (Phi) is 4.65. The molecule has 8 heteroatoms. The molecule has 1 aromatic carbocycles. The fourth-order valence-corrected chi connectivity index (χ4v) is 3.66. The summed E-state index contributed by atoms with van der Waals surface area (Å²) in [6.07, 6.45) is 2.02. The molecule has 114 valence electrons. The van der Waals surface area contributed by atoms with E-state index < -0.39 is 0 Å². The number of nitrogens with zero attached hydrogens (tertiary/aromatic N) is 3. The van der Waals surface area contributed by atoms with Crippen LogP contribution < -0.4 is 10.1 Å².